The molecule has 2 amide bonds. The van der Waals surface area contributed by atoms with Gasteiger partial charge in [-0.15, -0.1) is 0 Å². The van der Waals surface area contributed by atoms with Crippen molar-refractivity contribution >= 4 is 29.3 Å². The van der Waals surface area contributed by atoms with Gasteiger partial charge in [0, 0.05) is 55.9 Å². The number of nitrogens with zero attached hydrogens (tertiary/aromatic N) is 9. The zero-order chi connectivity index (χ0) is 26.9. The molecule has 12 heteroatoms. The Morgan fingerprint density at radius 2 is 1.92 bits per heavy atom. The average Bonchev–Trinajstić information content (AvgIpc) is 3.38. The molecule has 1 saturated heterocycles. The highest BCUT2D eigenvalue weighted by Gasteiger charge is 2.31. The Morgan fingerprint density at radius 3 is 2.67 bits per heavy atom. The smallest absolute Gasteiger partial charge is 0.325 e. The van der Waals surface area contributed by atoms with Crippen LogP contribution < -0.4 is 20.4 Å². The third kappa shape index (κ3) is 4.74. The molecule has 39 heavy (non-hydrogen) atoms. The number of rotatable bonds is 5. The van der Waals surface area contributed by atoms with E-state index in [0.717, 1.165) is 36.6 Å². The molecular weight excluding hydrogens is 496 g/mol. The first-order chi connectivity index (χ1) is 19.0. The minimum absolute atomic E-state index is 0.159. The highest BCUT2D eigenvalue weighted by atomic mass is 16.5. The van der Waals surface area contributed by atoms with Crippen molar-refractivity contribution in [1.82, 2.24) is 29.7 Å². The number of nitrogens with two attached hydrogens (primary N) is 1. The summed E-state index contributed by atoms with van der Waals surface area (Å²) in [5.74, 6) is 2.50. The van der Waals surface area contributed by atoms with E-state index in [4.69, 9.17) is 20.4 Å². The molecular formula is C27H30N10O2. The molecule has 0 radical (unpaired) electrons. The Bertz CT molecular complexity index is 1490. The van der Waals surface area contributed by atoms with Gasteiger partial charge in [0.2, 0.25) is 5.95 Å². The largest absolute Gasteiger partial charge is 0.377 e. The van der Waals surface area contributed by atoms with Crippen molar-refractivity contribution in [2.24, 2.45) is 12.8 Å². The highest BCUT2D eigenvalue weighted by Crippen LogP contribution is 2.37. The maximum atomic E-state index is 12.7. The first-order valence-corrected chi connectivity index (χ1v) is 12.9. The molecule has 0 bridgehead atoms. The molecule has 1 unspecified atom stereocenters. The van der Waals surface area contributed by atoms with Gasteiger partial charge < -0.3 is 20.3 Å². The summed E-state index contributed by atoms with van der Waals surface area (Å²) in [6.45, 7) is 5.44. The Morgan fingerprint density at radius 1 is 1.10 bits per heavy atom. The summed E-state index contributed by atoms with van der Waals surface area (Å²) in [5, 5.41) is 4.42. The molecule has 3 aromatic heterocycles. The maximum Gasteiger partial charge on any atom is 0.325 e. The fraction of sp³-hybridized carbons (Fsp3) is 0.333. The SMILES string of the molecule is CC1COCCN1c1nc(-c2ccccc2N(C(N)=O)c2ccn(C)n2)nc2c1CCN(c1ncccn1)C2. The first kappa shape index (κ1) is 24.7. The molecule has 6 rings (SSSR count). The van der Waals surface area contributed by atoms with Crippen LogP contribution in [0.25, 0.3) is 11.4 Å². The van der Waals surface area contributed by atoms with Crippen LogP contribution in [0.2, 0.25) is 0 Å². The summed E-state index contributed by atoms with van der Waals surface area (Å²) in [6, 6.07) is 10.6. The van der Waals surface area contributed by atoms with Crippen molar-refractivity contribution in [2.75, 3.05) is 41.0 Å². The minimum Gasteiger partial charge on any atom is -0.377 e. The summed E-state index contributed by atoms with van der Waals surface area (Å²) >= 11 is 0. The standard InChI is InChI=1S/C27H30N10O2/c1-18-17-39-15-14-36(18)25-19-8-13-35(27-29-10-5-11-30-27)16-21(19)31-24(32-25)20-6-3-4-7-22(20)37(26(28)38)23-9-12-34(2)33-23/h3-7,9-12,18H,8,13-17H2,1-2H3,(H2,28,38). The Balaban J connectivity index is 1.49. The van der Waals surface area contributed by atoms with Crippen molar-refractivity contribution in [2.45, 2.75) is 25.9 Å². The van der Waals surface area contributed by atoms with E-state index in [9.17, 15) is 4.79 Å². The van der Waals surface area contributed by atoms with Crippen LogP contribution in [0.3, 0.4) is 0 Å². The predicted molar refractivity (Wildman–Crippen MR) is 147 cm³/mol. The number of morpholine rings is 1. The van der Waals surface area contributed by atoms with E-state index in [1.165, 1.54) is 4.90 Å². The lowest BCUT2D eigenvalue weighted by Crippen LogP contribution is -2.45. The van der Waals surface area contributed by atoms with E-state index in [1.807, 2.05) is 30.3 Å². The quantitative estimate of drug-likeness (QED) is 0.417. The van der Waals surface area contributed by atoms with Crippen LogP contribution in [0.4, 0.5) is 28.1 Å². The van der Waals surface area contributed by atoms with Crippen LogP contribution in [-0.4, -0.2) is 68.1 Å². The van der Waals surface area contributed by atoms with Gasteiger partial charge in [0.05, 0.1) is 37.2 Å². The lowest BCUT2D eigenvalue weighted by atomic mass is 10.0. The van der Waals surface area contributed by atoms with Gasteiger partial charge in [-0.2, -0.15) is 5.10 Å². The van der Waals surface area contributed by atoms with Gasteiger partial charge in [-0.25, -0.2) is 29.6 Å². The number of para-hydroxylation sites is 1. The molecule has 2 N–H and O–H groups in total. The first-order valence-electron chi connectivity index (χ1n) is 12.9. The molecule has 0 spiro atoms. The Hall–Kier alpha value is -4.58. The molecule has 1 fully saturated rings. The van der Waals surface area contributed by atoms with Crippen molar-refractivity contribution in [3.63, 3.8) is 0 Å². The molecule has 1 atom stereocenters. The summed E-state index contributed by atoms with van der Waals surface area (Å²) < 4.78 is 7.34. The number of primary amides is 1. The zero-order valence-electron chi connectivity index (χ0n) is 21.9. The van der Waals surface area contributed by atoms with Crippen LogP contribution in [0.5, 0.6) is 0 Å². The summed E-state index contributed by atoms with van der Waals surface area (Å²) in [6.07, 6.45) is 6.02. The lowest BCUT2D eigenvalue weighted by Gasteiger charge is -2.38. The van der Waals surface area contributed by atoms with Crippen LogP contribution in [0.15, 0.2) is 55.0 Å². The number of fused-ring (bicyclic) bond motifs is 1. The second kappa shape index (κ2) is 10.3. The number of carbonyl (C=O) groups is 1. The molecule has 2 aliphatic heterocycles. The molecule has 0 aliphatic carbocycles. The van der Waals surface area contributed by atoms with Gasteiger partial charge in [-0.05, 0) is 31.5 Å². The van der Waals surface area contributed by atoms with Crippen LogP contribution in [0.1, 0.15) is 18.2 Å². The van der Waals surface area contributed by atoms with Crippen LogP contribution >= 0.6 is 0 Å². The number of hydrogen-bond donors (Lipinski definition) is 1. The fourth-order valence-corrected chi connectivity index (χ4v) is 5.17. The number of ether oxygens (including phenoxy) is 1. The number of carbonyl (C=O) groups excluding carboxylic acids is 1. The zero-order valence-corrected chi connectivity index (χ0v) is 21.9. The van der Waals surface area contributed by atoms with Gasteiger partial charge >= 0.3 is 6.03 Å². The second-order valence-electron chi connectivity index (χ2n) is 9.67. The monoisotopic (exact) mass is 526 g/mol. The van der Waals surface area contributed by atoms with Crippen molar-refractivity contribution in [3.05, 3.63) is 66.2 Å². The third-order valence-electron chi connectivity index (χ3n) is 7.05. The topological polar surface area (TPSA) is 131 Å². The molecule has 12 nitrogen and oxygen atoms in total. The molecule has 0 saturated carbocycles. The van der Waals surface area contributed by atoms with E-state index < -0.39 is 6.03 Å². The number of aromatic nitrogens is 6. The molecule has 5 heterocycles. The maximum absolute atomic E-state index is 12.7. The van der Waals surface area contributed by atoms with Gasteiger partial charge in [0.25, 0.3) is 0 Å². The third-order valence-corrected chi connectivity index (χ3v) is 7.05. The van der Waals surface area contributed by atoms with E-state index in [-0.39, 0.29) is 6.04 Å². The van der Waals surface area contributed by atoms with Crippen molar-refractivity contribution in [1.29, 1.82) is 0 Å². The Labute approximate surface area is 226 Å². The van der Waals surface area contributed by atoms with Gasteiger partial charge in [-0.1, -0.05) is 12.1 Å². The molecule has 200 valence electrons. The van der Waals surface area contributed by atoms with E-state index in [2.05, 4.69) is 31.8 Å². The number of aryl methyl sites for hydroxylation is 1. The number of hydrogen-bond acceptors (Lipinski definition) is 9. The van der Waals surface area contributed by atoms with Crippen molar-refractivity contribution < 1.29 is 9.53 Å². The van der Waals surface area contributed by atoms with E-state index in [1.54, 1.807) is 36.4 Å². The van der Waals surface area contributed by atoms with E-state index >= 15 is 0 Å². The van der Waals surface area contributed by atoms with Crippen LogP contribution in [0, 0.1) is 0 Å². The fourth-order valence-electron chi connectivity index (χ4n) is 5.17. The number of benzene rings is 1. The number of anilines is 4. The van der Waals surface area contributed by atoms with E-state index in [0.29, 0.717) is 48.6 Å². The summed E-state index contributed by atoms with van der Waals surface area (Å²) in [5.41, 5.74) is 9.14. The summed E-state index contributed by atoms with van der Waals surface area (Å²) in [4.78, 5) is 37.6. The van der Waals surface area contributed by atoms with Crippen molar-refractivity contribution in [3.8, 4) is 11.4 Å². The molecule has 1 aromatic carbocycles. The number of urea groups is 1. The predicted octanol–water partition coefficient (Wildman–Crippen LogP) is 2.67. The summed E-state index contributed by atoms with van der Waals surface area (Å²) in [7, 11) is 1.79. The normalized spacial score (nSPS) is 17.1. The molecule has 2 aliphatic rings. The number of amides is 2. The minimum atomic E-state index is -0.645. The van der Waals surface area contributed by atoms with Gasteiger partial charge in [0.15, 0.2) is 11.6 Å². The van der Waals surface area contributed by atoms with Gasteiger partial charge in [-0.3, -0.25) is 4.68 Å². The highest BCUT2D eigenvalue weighted by molar-refractivity contribution is 6.01. The molecule has 4 aromatic rings. The Kier molecular flexibility index (Phi) is 6.53. The second-order valence-corrected chi connectivity index (χ2v) is 9.67. The van der Waals surface area contributed by atoms with Gasteiger partial charge in [0.1, 0.15) is 5.82 Å². The van der Waals surface area contributed by atoms with Crippen LogP contribution in [-0.2, 0) is 24.8 Å². The average molecular weight is 527 g/mol. The lowest BCUT2D eigenvalue weighted by molar-refractivity contribution is 0.0984.